The van der Waals surface area contributed by atoms with E-state index in [0.717, 1.165) is 44.8 Å². The van der Waals surface area contributed by atoms with Gasteiger partial charge in [-0.3, -0.25) is 4.90 Å². The fourth-order valence-corrected chi connectivity index (χ4v) is 2.06. The largest absolute Gasteiger partial charge is 0.333 e. The predicted octanol–water partition coefficient (Wildman–Crippen LogP) is 0.880. The molecule has 0 atom stereocenters. The minimum atomic E-state index is 0.798. The number of hydrogen-bond acceptors (Lipinski definition) is 5. The summed E-state index contributed by atoms with van der Waals surface area (Å²) in [6.07, 6.45) is 9.22. The molecular formula is C14H25N5. The molecule has 1 aliphatic rings. The van der Waals surface area contributed by atoms with Crippen molar-refractivity contribution in [2.45, 2.75) is 19.3 Å². The molecule has 1 aromatic heterocycles. The van der Waals surface area contributed by atoms with Gasteiger partial charge in [-0.05, 0) is 51.0 Å². The van der Waals surface area contributed by atoms with Crippen molar-refractivity contribution in [2.75, 3.05) is 33.2 Å². The van der Waals surface area contributed by atoms with Crippen molar-refractivity contribution in [1.82, 2.24) is 14.9 Å². The average molecular weight is 263 g/mol. The zero-order chi connectivity index (χ0) is 13.9. The summed E-state index contributed by atoms with van der Waals surface area (Å²) in [5.74, 6) is 0.883. The molecule has 1 aliphatic heterocycles. The zero-order valence-electron chi connectivity index (χ0n) is 11.8. The molecule has 5 nitrogen and oxygen atoms in total. The Morgan fingerprint density at radius 2 is 1.95 bits per heavy atom. The first-order valence-corrected chi connectivity index (χ1v) is 6.87. The molecule has 2 rings (SSSR count). The summed E-state index contributed by atoms with van der Waals surface area (Å²) in [6, 6.07) is 1.85. The van der Waals surface area contributed by atoms with Gasteiger partial charge in [0.15, 0.2) is 5.82 Å². The van der Waals surface area contributed by atoms with Crippen molar-refractivity contribution in [2.24, 2.45) is 11.5 Å². The molecule has 0 amide bonds. The van der Waals surface area contributed by atoms with Gasteiger partial charge in [0, 0.05) is 25.5 Å². The van der Waals surface area contributed by atoms with Gasteiger partial charge < -0.3 is 11.5 Å². The first-order chi connectivity index (χ1) is 9.40. The van der Waals surface area contributed by atoms with Crippen LogP contribution in [0.25, 0.3) is 5.57 Å². The monoisotopic (exact) mass is 263 g/mol. The van der Waals surface area contributed by atoms with E-state index in [2.05, 4.69) is 26.7 Å². The molecule has 0 radical (unpaired) electrons. The predicted molar refractivity (Wildman–Crippen MR) is 79.5 cm³/mol. The van der Waals surface area contributed by atoms with Crippen LogP contribution in [0.2, 0.25) is 0 Å². The first kappa shape index (κ1) is 15.8. The van der Waals surface area contributed by atoms with E-state index in [1.807, 2.05) is 6.07 Å². The van der Waals surface area contributed by atoms with E-state index in [1.54, 1.807) is 12.4 Å². The van der Waals surface area contributed by atoms with E-state index < -0.39 is 0 Å². The molecule has 0 unspecified atom stereocenters. The average Bonchev–Trinajstić information content (AvgIpc) is 2.51. The van der Waals surface area contributed by atoms with Crippen molar-refractivity contribution < 1.29 is 0 Å². The lowest BCUT2D eigenvalue weighted by Crippen LogP contribution is -2.30. The third-order valence-corrected chi connectivity index (χ3v) is 3.07. The van der Waals surface area contributed by atoms with Crippen LogP contribution in [0.3, 0.4) is 0 Å². The van der Waals surface area contributed by atoms with Crippen LogP contribution in [0.1, 0.15) is 25.1 Å². The number of nitrogens with zero attached hydrogens (tertiary/aromatic N) is 3. The summed E-state index contributed by atoms with van der Waals surface area (Å²) in [7, 11) is 1.50. The van der Waals surface area contributed by atoms with Crippen LogP contribution >= 0.6 is 0 Å². The number of rotatable bonds is 5. The Kier molecular flexibility index (Phi) is 7.97. The van der Waals surface area contributed by atoms with Crippen LogP contribution in [0, 0.1) is 0 Å². The summed E-state index contributed by atoms with van der Waals surface area (Å²) >= 11 is 0. The highest BCUT2D eigenvalue weighted by Gasteiger charge is 2.13. The van der Waals surface area contributed by atoms with E-state index in [4.69, 9.17) is 5.73 Å². The van der Waals surface area contributed by atoms with Crippen molar-refractivity contribution in [3.05, 3.63) is 30.4 Å². The van der Waals surface area contributed by atoms with E-state index in [-0.39, 0.29) is 0 Å². The fraction of sp³-hybridized carbons (Fsp3) is 0.571. The molecule has 106 valence electrons. The minimum absolute atomic E-state index is 0.798. The molecule has 0 spiro atoms. The first-order valence-electron chi connectivity index (χ1n) is 6.87. The number of hydrogen-bond donors (Lipinski definition) is 2. The van der Waals surface area contributed by atoms with E-state index in [0.29, 0.717) is 0 Å². The Morgan fingerprint density at radius 1 is 1.21 bits per heavy atom. The van der Waals surface area contributed by atoms with Gasteiger partial charge in [-0.2, -0.15) is 0 Å². The van der Waals surface area contributed by atoms with Crippen LogP contribution in [0.5, 0.6) is 0 Å². The molecule has 4 N–H and O–H groups in total. The Labute approximate surface area is 115 Å². The molecule has 0 aromatic carbocycles. The molecule has 0 fully saturated rings. The van der Waals surface area contributed by atoms with Gasteiger partial charge in [-0.15, -0.1) is 0 Å². The van der Waals surface area contributed by atoms with Crippen molar-refractivity contribution >= 4 is 5.57 Å². The molecular weight excluding hydrogens is 238 g/mol. The lowest BCUT2D eigenvalue weighted by atomic mass is 10.1. The minimum Gasteiger partial charge on any atom is -0.333 e. The number of unbranched alkanes of at least 4 members (excludes halogenated alkanes) is 1. The Bertz CT molecular complexity index is 363. The van der Waals surface area contributed by atoms with Gasteiger partial charge in [0.05, 0.1) is 0 Å². The molecule has 5 heteroatoms. The number of aromatic nitrogens is 2. The standard InChI is InChI=1S/C13H20N4.CH5N/c14-6-1-2-9-17-10-4-12(5-11-17)13-15-7-3-8-16-13;1-2/h3-4,7-8H,1-2,5-6,9-11,14H2;2H2,1H3. The summed E-state index contributed by atoms with van der Waals surface area (Å²) in [4.78, 5) is 11.0. The highest BCUT2D eigenvalue weighted by Crippen LogP contribution is 2.18. The van der Waals surface area contributed by atoms with Crippen molar-refractivity contribution in [3.8, 4) is 0 Å². The van der Waals surface area contributed by atoms with Gasteiger partial charge in [-0.25, -0.2) is 9.97 Å². The van der Waals surface area contributed by atoms with Gasteiger partial charge in [0.2, 0.25) is 0 Å². The Hall–Kier alpha value is -1.30. The van der Waals surface area contributed by atoms with Gasteiger partial charge in [-0.1, -0.05) is 6.08 Å². The molecule has 0 aliphatic carbocycles. The maximum atomic E-state index is 5.50. The van der Waals surface area contributed by atoms with E-state index in [9.17, 15) is 0 Å². The quantitative estimate of drug-likeness (QED) is 0.771. The fourth-order valence-electron chi connectivity index (χ4n) is 2.06. The van der Waals surface area contributed by atoms with E-state index in [1.165, 1.54) is 19.0 Å². The Balaban J connectivity index is 0.000000861. The molecule has 2 heterocycles. The second kappa shape index (κ2) is 9.61. The Morgan fingerprint density at radius 3 is 2.53 bits per heavy atom. The van der Waals surface area contributed by atoms with Crippen LogP contribution in [-0.4, -0.2) is 48.1 Å². The molecule has 0 bridgehead atoms. The third kappa shape index (κ3) is 5.46. The smallest absolute Gasteiger partial charge is 0.154 e. The lowest BCUT2D eigenvalue weighted by molar-refractivity contribution is 0.295. The highest BCUT2D eigenvalue weighted by atomic mass is 15.1. The van der Waals surface area contributed by atoms with Crippen LogP contribution in [0.4, 0.5) is 0 Å². The molecule has 1 aromatic rings. The summed E-state index contributed by atoms with van der Waals surface area (Å²) in [5, 5.41) is 0. The van der Waals surface area contributed by atoms with Crippen molar-refractivity contribution in [3.63, 3.8) is 0 Å². The summed E-state index contributed by atoms with van der Waals surface area (Å²) < 4.78 is 0. The second-order valence-corrected chi connectivity index (χ2v) is 4.35. The maximum Gasteiger partial charge on any atom is 0.154 e. The topological polar surface area (TPSA) is 81.1 Å². The molecule has 19 heavy (non-hydrogen) atoms. The van der Waals surface area contributed by atoms with Gasteiger partial charge in [0.1, 0.15) is 0 Å². The molecule has 0 saturated heterocycles. The highest BCUT2D eigenvalue weighted by molar-refractivity contribution is 5.60. The maximum absolute atomic E-state index is 5.50. The normalized spacial score (nSPS) is 15.4. The van der Waals surface area contributed by atoms with Gasteiger partial charge >= 0.3 is 0 Å². The SMILES string of the molecule is CN.NCCCCN1CC=C(c2ncccn2)CC1. The zero-order valence-corrected chi connectivity index (χ0v) is 11.8. The summed E-state index contributed by atoms with van der Waals surface area (Å²) in [5.41, 5.74) is 11.3. The van der Waals surface area contributed by atoms with Crippen LogP contribution in [0.15, 0.2) is 24.5 Å². The van der Waals surface area contributed by atoms with Crippen LogP contribution < -0.4 is 11.5 Å². The third-order valence-electron chi connectivity index (χ3n) is 3.07. The number of nitrogens with two attached hydrogens (primary N) is 2. The van der Waals surface area contributed by atoms with E-state index >= 15 is 0 Å². The summed E-state index contributed by atoms with van der Waals surface area (Å²) in [6.45, 7) is 4.07. The van der Waals surface area contributed by atoms with Crippen molar-refractivity contribution in [1.29, 1.82) is 0 Å². The lowest BCUT2D eigenvalue weighted by Gasteiger charge is -2.25. The second-order valence-electron chi connectivity index (χ2n) is 4.35. The van der Waals surface area contributed by atoms with Gasteiger partial charge in [0.25, 0.3) is 0 Å². The molecule has 0 saturated carbocycles. The van der Waals surface area contributed by atoms with Crippen LogP contribution in [-0.2, 0) is 0 Å².